The third kappa shape index (κ3) is 3.43. The van der Waals surface area contributed by atoms with Gasteiger partial charge in [-0.2, -0.15) is 8.78 Å². The molecule has 0 bridgehead atoms. The van der Waals surface area contributed by atoms with Crippen LogP contribution in [-0.2, 0) is 4.74 Å². The summed E-state index contributed by atoms with van der Waals surface area (Å²) < 4.78 is 34.2. The average Bonchev–Trinajstić information content (AvgIpc) is 2.46. The van der Waals surface area contributed by atoms with Gasteiger partial charge < -0.3 is 19.5 Å². The van der Waals surface area contributed by atoms with E-state index in [9.17, 15) is 13.6 Å². The lowest BCUT2D eigenvalue weighted by molar-refractivity contribution is -0.0521. The van der Waals surface area contributed by atoms with E-state index in [0.717, 1.165) is 0 Å². The number of hydrogen-bond donors (Lipinski definition) is 1. The van der Waals surface area contributed by atoms with E-state index in [2.05, 4.69) is 4.74 Å². The molecule has 0 saturated carbocycles. The van der Waals surface area contributed by atoms with Crippen molar-refractivity contribution in [1.82, 2.24) is 4.90 Å². The molecular formula is C13H15F2NO4. The number of aliphatic hydroxyl groups is 1. The molecule has 7 heteroatoms. The summed E-state index contributed by atoms with van der Waals surface area (Å²) in [6, 6.07) is 5.85. The Morgan fingerprint density at radius 3 is 2.95 bits per heavy atom. The number of carbonyl (C=O) groups is 1. The van der Waals surface area contributed by atoms with E-state index in [1.165, 1.54) is 23.1 Å². The van der Waals surface area contributed by atoms with Crippen LogP contribution in [-0.4, -0.2) is 54.9 Å². The number of ether oxygens (including phenoxy) is 2. The smallest absolute Gasteiger partial charge is 0.387 e. The predicted molar refractivity (Wildman–Crippen MR) is 65.8 cm³/mol. The Hall–Kier alpha value is -1.73. The first-order chi connectivity index (χ1) is 9.61. The fourth-order valence-electron chi connectivity index (χ4n) is 2.03. The number of alkyl halides is 2. The first-order valence-corrected chi connectivity index (χ1v) is 6.17. The van der Waals surface area contributed by atoms with Crippen molar-refractivity contribution >= 4 is 5.91 Å². The summed E-state index contributed by atoms with van der Waals surface area (Å²) >= 11 is 0. The van der Waals surface area contributed by atoms with Crippen molar-refractivity contribution in [2.45, 2.75) is 12.7 Å². The molecule has 0 radical (unpaired) electrons. The average molecular weight is 287 g/mol. The first-order valence-electron chi connectivity index (χ1n) is 6.17. The van der Waals surface area contributed by atoms with Gasteiger partial charge in [-0.1, -0.05) is 12.1 Å². The summed E-state index contributed by atoms with van der Waals surface area (Å²) in [7, 11) is 0. The zero-order valence-electron chi connectivity index (χ0n) is 10.7. The lowest BCUT2D eigenvalue weighted by Gasteiger charge is -2.32. The first kappa shape index (κ1) is 14.7. The number of para-hydroxylation sites is 1. The van der Waals surface area contributed by atoms with Crippen LogP contribution >= 0.6 is 0 Å². The maximum Gasteiger partial charge on any atom is 0.387 e. The van der Waals surface area contributed by atoms with Gasteiger partial charge in [-0.3, -0.25) is 4.79 Å². The fourth-order valence-corrected chi connectivity index (χ4v) is 2.03. The Bertz CT molecular complexity index is 469. The monoisotopic (exact) mass is 287 g/mol. The second-order valence-electron chi connectivity index (χ2n) is 4.30. The summed E-state index contributed by atoms with van der Waals surface area (Å²) in [5.74, 6) is -0.567. The minimum absolute atomic E-state index is 0.0754. The lowest BCUT2D eigenvalue weighted by atomic mass is 10.1. The SMILES string of the molecule is O=C(c1ccccc1OC(F)F)N1CCOC(CO)C1. The maximum absolute atomic E-state index is 12.3. The van der Waals surface area contributed by atoms with Crippen LogP contribution < -0.4 is 4.74 Å². The number of amides is 1. The molecule has 0 spiro atoms. The van der Waals surface area contributed by atoms with E-state index in [4.69, 9.17) is 9.84 Å². The number of morpholine rings is 1. The molecule has 1 unspecified atom stereocenters. The van der Waals surface area contributed by atoms with E-state index < -0.39 is 18.6 Å². The van der Waals surface area contributed by atoms with Gasteiger partial charge in [0, 0.05) is 13.1 Å². The van der Waals surface area contributed by atoms with Gasteiger partial charge in [-0.05, 0) is 12.1 Å². The zero-order valence-corrected chi connectivity index (χ0v) is 10.7. The van der Waals surface area contributed by atoms with E-state index in [-0.39, 0.29) is 24.5 Å². The van der Waals surface area contributed by atoms with Gasteiger partial charge in [-0.25, -0.2) is 0 Å². The second kappa shape index (κ2) is 6.62. The highest BCUT2D eigenvalue weighted by Gasteiger charge is 2.26. The Morgan fingerprint density at radius 1 is 1.50 bits per heavy atom. The summed E-state index contributed by atoms with van der Waals surface area (Å²) in [5.41, 5.74) is 0.0754. The Labute approximate surface area is 114 Å². The van der Waals surface area contributed by atoms with Crippen LogP contribution in [0.25, 0.3) is 0 Å². The van der Waals surface area contributed by atoms with Gasteiger partial charge in [0.05, 0.1) is 24.9 Å². The van der Waals surface area contributed by atoms with Crippen molar-refractivity contribution in [2.24, 2.45) is 0 Å². The number of hydrogen-bond acceptors (Lipinski definition) is 4. The summed E-state index contributed by atoms with van der Waals surface area (Å²) in [4.78, 5) is 13.8. The molecule has 1 aliphatic rings. The number of carbonyl (C=O) groups excluding carboxylic acids is 1. The molecule has 110 valence electrons. The molecule has 1 aromatic carbocycles. The van der Waals surface area contributed by atoms with E-state index in [1.54, 1.807) is 6.07 Å². The molecule has 1 amide bonds. The van der Waals surface area contributed by atoms with Crippen LogP contribution in [0.2, 0.25) is 0 Å². The van der Waals surface area contributed by atoms with Crippen LogP contribution in [0.1, 0.15) is 10.4 Å². The van der Waals surface area contributed by atoms with Crippen molar-refractivity contribution < 1.29 is 28.2 Å². The van der Waals surface area contributed by atoms with E-state index in [1.807, 2.05) is 0 Å². The summed E-state index contributed by atoms with van der Waals surface area (Å²) in [6.45, 7) is -2.32. The minimum Gasteiger partial charge on any atom is -0.434 e. The zero-order chi connectivity index (χ0) is 14.5. The van der Waals surface area contributed by atoms with E-state index in [0.29, 0.717) is 13.2 Å². The largest absolute Gasteiger partial charge is 0.434 e. The quantitative estimate of drug-likeness (QED) is 0.901. The fraction of sp³-hybridized carbons (Fsp3) is 0.462. The lowest BCUT2D eigenvalue weighted by Crippen LogP contribution is -2.47. The van der Waals surface area contributed by atoms with Gasteiger partial charge in [-0.15, -0.1) is 0 Å². The molecule has 1 saturated heterocycles. The van der Waals surface area contributed by atoms with Crippen molar-refractivity contribution in [3.63, 3.8) is 0 Å². The Morgan fingerprint density at radius 2 is 2.25 bits per heavy atom. The number of benzene rings is 1. The molecule has 5 nitrogen and oxygen atoms in total. The molecule has 1 heterocycles. The van der Waals surface area contributed by atoms with Crippen LogP contribution in [0.3, 0.4) is 0 Å². The highest BCUT2D eigenvalue weighted by molar-refractivity contribution is 5.97. The molecule has 20 heavy (non-hydrogen) atoms. The standard InChI is InChI=1S/C13H15F2NO4/c14-13(15)20-11-4-2-1-3-10(11)12(18)16-5-6-19-9(7-16)8-17/h1-4,9,13,17H,5-8H2. The van der Waals surface area contributed by atoms with Crippen LogP contribution in [0.5, 0.6) is 5.75 Å². The summed E-state index contributed by atoms with van der Waals surface area (Å²) in [5, 5.41) is 9.05. The number of halogens is 2. The van der Waals surface area contributed by atoms with Crippen molar-refractivity contribution in [1.29, 1.82) is 0 Å². The second-order valence-corrected chi connectivity index (χ2v) is 4.30. The third-order valence-electron chi connectivity index (χ3n) is 2.96. The molecular weight excluding hydrogens is 272 g/mol. The predicted octanol–water partition coefficient (Wildman–Crippen LogP) is 1.12. The molecule has 2 rings (SSSR count). The number of rotatable bonds is 4. The molecule has 1 fully saturated rings. The van der Waals surface area contributed by atoms with Crippen LogP contribution in [0.4, 0.5) is 8.78 Å². The van der Waals surface area contributed by atoms with Crippen molar-refractivity contribution in [2.75, 3.05) is 26.3 Å². The van der Waals surface area contributed by atoms with E-state index >= 15 is 0 Å². The highest BCUT2D eigenvalue weighted by atomic mass is 19.3. The molecule has 1 aliphatic heterocycles. The third-order valence-corrected chi connectivity index (χ3v) is 2.96. The van der Waals surface area contributed by atoms with Gasteiger partial charge >= 0.3 is 6.61 Å². The van der Waals surface area contributed by atoms with Gasteiger partial charge in [0.2, 0.25) is 0 Å². The Balaban J connectivity index is 2.16. The number of aliphatic hydroxyl groups excluding tert-OH is 1. The molecule has 1 atom stereocenters. The highest BCUT2D eigenvalue weighted by Crippen LogP contribution is 2.22. The molecule has 0 aliphatic carbocycles. The van der Waals surface area contributed by atoms with Crippen molar-refractivity contribution in [3.05, 3.63) is 29.8 Å². The summed E-state index contributed by atoms with van der Waals surface area (Å²) in [6.07, 6.45) is -0.448. The topological polar surface area (TPSA) is 59.0 Å². The molecule has 0 aromatic heterocycles. The van der Waals surface area contributed by atoms with Crippen LogP contribution in [0.15, 0.2) is 24.3 Å². The normalized spacial score (nSPS) is 19.2. The molecule has 1 N–H and O–H groups in total. The van der Waals surface area contributed by atoms with Gasteiger partial charge in [0.1, 0.15) is 5.75 Å². The molecule has 1 aromatic rings. The maximum atomic E-state index is 12.3. The number of nitrogens with zero attached hydrogens (tertiary/aromatic N) is 1. The van der Waals surface area contributed by atoms with Crippen LogP contribution in [0, 0.1) is 0 Å². The Kier molecular flexibility index (Phi) is 4.86. The minimum atomic E-state index is -2.99. The van der Waals surface area contributed by atoms with Gasteiger partial charge in [0.25, 0.3) is 5.91 Å². The van der Waals surface area contributed by atoms with Gasteiger partial charge in [0.15, 0.2) is 0 Å². The van der Waals surface area contributed by atoms with Crippen molar-refractivity contribution in [3.8, 4) is 5.75 Å².